The van der Waals surface area contributed by atoms with Crippen LogP contribution in [-0.2, 0) is 28.7 Å². The Kier molecular flexibility index (Phi) is 14.7. The summed E-state index contributed by atoms with van der Waals surface area (Å²) >= 11 is 0. The van der Waals surface area contributed by atoms with Crippen molar-refractivity contribution in [1.29, 1.82) is 0 Å². The smallest absolute Gasteiger partial charge is 0.338 e. The summed E-state index contributed by atoms with van der Waals surface area (Å²) in [6.45, 7) is 13.2. The van der Waals surface area contributed by atoms with Gasteiger partial charge in [-0.3, -0.25) is 0 Å². The lowest BCUT2D eigenvalue weighted by molar-refractivity contribution is -0.150. The molecule has 0 spiro atoms. The van der Waals surface area contributed by atoms with Crippen LogP contribution in [0.1, 0.15) is 19.4 Å². The number of rotatable bonds is 3. The molecule has 0 radical (unpaired) electrons. The molecule has 1 aliphatic heterocycles. The Morgan fingerprint density at radius 3 is 1.57 bits per heavy atom. The fraction of sp³-hybridized carbons (Fsp3) is 0.143. The molecule has 1 heterocycles. The summed E-state index contributed by atoms with van der Waals surface area (Å²) in [7, 11) is 1.33. The van der Waals surface area contributed by atoms with Crippen molar-refractivity contribution in [3.63, 3.8) is 0 Å². The zero-order valence-corrected chi connectivity index (χ0v) is 16.1. The largest absolute Gasteiger partial charge is 0.478 e. The molecular weight excluding hydrogens is 364 g/mol. The van der Waals surface area contributed by atoms with E-state index in [1.807, 2.05) is 36.4 Å². The van der Waals surface area contributed by atoms with Crippen LogP contribution in [0.25, 0.3) is 6.08 Å². The Morgan fingerprint density at radius 1 is 1.00 bits per heavy atom. The minimum absolute atomic E-state index is 0.176. The molecule has 1 aromatic carbocycles. The second-order valence-electron chi connectivity index (χ2n) is 5.05. The first-order valence-corrected chi connectivity index (χ1v) is 7.79. The highest BCUT2D eigenvalue weighted by molar-refractivity contribution is 6.04. The van der Waals surface area contributed by atoms with Gasteiger partial charge in [0.25, 0.3) is 0 Å². The normalized spacial score (nSPS) is 10.4. The number of benzene rings is 1. The minimum atomic E-state index is -0.935. The zero-order valence-electron chi connectivity index (χ0n) is 16.1. The third-order valence-corrected chi connectivity index (χ3v) is 2.49. The van der Waals surface area contributed by atoms with Crippen LogP contribution in [-0.4, -0.2) is 36.1 Å². The molecular formula is C21H24O7. The van der Waals surface area contributed by atoms with Gasteiger partial charge in [0, 0.05) is 23.3 Å². The lowest BCUT2D eigenvalue weighted by Gasteiger charge is -1.91. The van der Waals surface area contributed by atoms with Crippen LogP contribution in [0.2, 0.25) is 0 Å². The van der Waals surface area contributed by atoms with E-state index in [2.05, 4.69) is 29.2 Å². The summed E-state index contributed by atoms with van der Waals surface area (Å²) in [5, 5.41) is 7.89. The summed E-state index contributed by atoms with van der Waals surface area (Å²) in [4.78, 5) is 39.6. The average molecular weight is 388 g/mol. The van der Waals surface area contributed by atoms with Gasteiger partial charge in [-0.2, -0.15) is 0 Å². The third kappa shape index (κ3) is 15.8. The number of carboxylic acids is 1. The molecule has 0 saturated carbocycles. The number of carbonyl (C=O) groups is 4. The van der Waals surface area contributed by atoms with E-state index in [1.54, 1.807) is 6.92 Å². The molecule has 0 unspecified atom stereocenters. The second-order valence-corrected chi connectivity index (χ2v) is 5.05. The van der Waals surface area contributed by atoms with Gasteiger partial charge in [0.15, 0.2) is 0 Å². The van der Waals surface area contributed by atoms with Gasteiger partial charge in [-0.15, -0.1) is 0 Å². The van der Waals surface area contributed by atoms with Crippen molar-refractivity contribution < 1.29 is 33.8 Å². The molecule has 7 heteroatoms. The highest BCUT2D eigenvalue weighted by Gasteiger charge is 2.10. The summed E-state index contributed by atoms with van der Waals surface area (Å²) in [5.74, 6) is -2.44. The van der Waals surface area contributed by atoms with Gasteiger partial charge < -0.3 is 14.6 Å². The summed E-state index contributed by atoms with van der Waals surface area (Å²) < 4.78 is 8.25. The average Bonchev–Trinajstić information content (AvgIpc) is 3.05. The van der Waals surface area contributed by atoms with E-state index in [9.17, 15) is 19.2 Å². The maximum absolute atomic E-state index is 10.2. The van der Waals surface area contributed by atoms with E-state index in [4.69, 9.17) is 5.11 Å². The van der Waals surface area contributed by atoms with E-state index in [-0.39, 0.29) is 11.5 Å². The Hall–Kier alpha value is -3.74. The molecule has 0 aliphatic carbocycles. The number of hydrogen-bond acceptors (Lipinski definition) is 6. The van der Waals surface area contributed by atoms with E-state index >= 15 is 0 Å². The number of esters is 3. The highest BCUT2D eigenvalue weighted by Crippen LogP contribution is 1.97. The Labute approximate surface area is 164 Å². The molecule has 0 aromatic heterocycles. The van der Waals surface area contributed by atoms with Gasteiger partial charge >= 0.3 is 23.9 Å². The van der Waals surface area contributed by atoms with Gasteiger partial charge in [-0.1, -0.05) is 56.1 Å². The molecule has 1 aromatic rings. The molecule has 0 amide bonds. The maximum atomic E-state index is 10.2. The summed E-state index contributed by atoms with van der Waals surface area (Å²) in [5.41, 5.74) is 1.78. The molecule has 0 bridgehead atoms. The molecule has 28 heavy (non-hydrogen) atoms. The number of carboxylic acid groups (broad SMARTS) is 1. The lowest BCUT2D eigenvalue weighted by Crippen LogP contribution is -1.98. The second kappa shape index (κ2) is 15.5. The van der Waals surface area contributed by atoms with Crippen LogP contribution in [0.5, 0.6) is 0 Å². The predicted molar refractivity (Wildman–Crippen MR) is 106 cm³/mol. The van der Waals surface area contributed by atoms with Crippen LogP contribution in [0, 0.1) is 0 Å². The standard InChI is InChI=1S/C8H8.C5H8O2.C4H2O3.C4H6O2/c1-2-8-6-4-3-5-7-8;1-4(2)5(6)7-3;5-3-1-2-4(6)7-3;1-3(2)4(5)6/h2-7H,1H2;1H2,2-3H3;1-2H;1H2,2H3,(H,5,6). The van der Waals surface area contributed by atoms with E-state index in [1.165, 1.54) is 19.6 Å². The number of aliphatic carboxylic acids is 1. The molecule has 1 aliphatic rings. The fourth-order valence-electron chi connectivity index (χ4n) is 1.07. The first kappa shape index (κ1) is 26.5. The number of cyclic esters (lactones) is 2. The highest BCUT2D eigenvalue weighted by atomic mass is 16.6. The Balaban J connectivity index is 0. The minimum Gasteiger partial charge on any atom is -0.478 e. The third-order valence-electron chi connectivity index (χ3n) is 2.49. The molecule has 0 atom stereocenters. The number of ether oxygens (including phenoxy) is 2. The summed E-state index contributed by atoms with van der Waals surface area (Å²) in [6, 6.07) is 10.0. The van der Waals surface area contributed by atoms with Crippen LogP contribution in [0.15, 0.2) is 73.4 Å². The zero-order chi connectivity index (χ0) is 22.1. The molecule has 2 rings (SSSR count). The number of methoxy groups -OCH3 is 1. The Morgan fingerprint density at radius 2 is 1.43 bits per heavy atom. The van der Waals surface area contributed by atoms with Crippen LogP contribution < -0.4 is 0 Å². The molecule has 7 nitrogen and oxygen atoms in total. The predicted octanol–water partition coefficient (Wildman–Crippen LogP) is 3.34. The van der Waals surface area contributed by atoms with Gasteiger partial charge in [-0.05, 0) is 19.4 Å². The van der Waals surface area contributed by atoms with E-state index in [0.717, 1.165) is 12.2 Å². The van der Waals surface area contributed by atoms with Crippen molar-refractivity contribution in [3.05, 3.63) is 78.9 Å². The van der Waals surface area contributed by atoms with Gasteiger partial charge in [0.05, 0.1) is 7.11 Å². The summed E-state index contributed by atoms with van der Waals surface area (Å²) in [6.07, 6.45) is 4.00. The van der Waals surface area contributed by atoms with Gasteiger partial charge in [-0.25, -0.2) is 19.2 Å². The van der Waals surface area contributed by atoms with Crippen molar-refractivity contribution in [2.45, 2.75) is 13.8 Å². The number of carbonyl (C=O) groups excluding carboxylic acids is 3. The fourth-order valence-corrected chi connectivity index (χ4v) is 1.07. The van der Waals surface area contributed by atoms with Crippen LogP contribution in [0.3, 0.4) is 0 Å². The molecule has 0 saturated heterocycles. The maximum Gasteiger partial charge on any atom is 0.338 e. The quantitative estimate of drug-likeness (QED) is 0.481. The monoisotopic (exact) mass is 388 g/mol. The van der Waals surface area contributed by atoms with Gasteiger partial charge in [0.1, 0.15) is 0 Å². The Bertz CT molecular complexity index is 715. The topological polar surface area (TPSA) is 107 Å². The van der Waals surface area contributed by atoms with E-state index < -0.39 is 17.9 Å². The SMILES string of the molecule is C=C(C)C(=O)O.C=C(C)C(=O)OC.C=Cc1ccccc1.O=C1C=CC(=O)O1. The van der Waals surface area contributed by atoms with Crippen molar-refractivity contribution in [1.82, 2.24) is 0 Å². The van der Waals surface area contributed by atoms with Crippen molar-refractivity contribution >= 4 is 30.0 Å². The number of hydrogen-bond donors (Lipinski definition) is 1. The van der Waals surface area contributed by atoms with E-state index in [0.29, 0.717) is 5.57 Å². The van der Waals surface area contributed by atoms with Crippen LogP contribution in [0.4, 0.5) is 0 Å². The lowest BCUT2D eigenvalue weighted by atomic mass is 10.2. The first-order valence-electron chi connectivity index (χ1n) is 7.79. The van der Waals surface area contributed by atoms with Crippen molar-refractivity contribution in [2.24, 2.45) is 0 Å². The first-order chi connectivity index (χ1) is 13.0. The van der Waals surface area contributed by atoms with Gasteiger partial charge in [0.2, 0.25) is 0 Å². The van der Waals surface area contributed by atoms with Crippen molar-refractivity contribution in [3.8, 4) is 0 Å². The van der Waals surface area contributed by atoms with Crippen molar-refractivity contribution in [2.75, 3.05) is 7.11 Å². The molecule has 0 fully saturated rings. The molecule has 150 valence electrons. The molecule has 1 N–H and O–H groups in total. The van der Waals surface area contributed by atoms with Crippen LogP contribution >= 0.6 is 0 Å².